The van der Waals surface area contributed by atoms with E-state index < -0.39 is 15.9 Å². The van der Waals surface area contributed by atoms with Crippen LogP contribution in [-0.2, 0) is 23.8 Å². The maximum absolute atomic E-state index is 10.8. The lowest BCUT2D eigenvalue weighted by Gasteiger charge is -2.22. The molecule has 0 aromatic carbocycles. The molecule has 2 atom stereocenters. The Labute approximate surface area is 95.6 Å². The van der Waals surface area contributed by atoms with Crippen molar-refractivity contribution in [3.8, 4) is 0 Å². The predicted molar refractivity (Wildman–Crippen MR) is 56.5 cm³/mol. The molecule has 0 radical (unpaired) electrons. The van der Waals surface area contributed by atoms with E-state index in [4.69, 9.17) is 13.7 Å². The van der Waals surface area contributed by atoms with Gasteiger partial charge in [0.05, 0.1) is 26.0 Å². The molecule has 2 saturated heterocycles. The largest absolute Gasteiger partial charge is 0.346 e. The normalized spacial score (nSPS) is 36.2. The molecule has 0 aromatic heterocycles. The van der Waals surface area contributed by atoms with Gasteiger partial charge in [0.25, 0.3) is 10.1 Å². The van der Waals surface area contributed by atoms with Crippen molar-refractivity contribution in [2.24, 2.45) is 0 Å². The summed E-state index contributed by atoms with van der Waals surface area (Å²) in [6, 6.07) is 0. The smallest absolute Gasteiger partial charge is 0.264 e. The number of rotatable bonds is 3. The van der Waals surface area contributed by atoms with Crippen LogP contribution in [0.15, 0.2) is 0 Å². The molecule has 0 aromatic rings. The van der Waals surface area contributed by atoms with Gasteiger partial charge in [0, 0.05) is 13.0 Å². The fourth-order valence-electron chi connectivity index (χ4n) is 2.04. The van der Waals surface area contributed by atoms with Gasteiger partial charge in [-0.15, -0.1) is 0 Å². The standard InChI is InChI=1S/C9H17NO5S/c1-10-4-3-9(7-10)13-5-8(15-9)6-14-16(2,11)12/h8H,3-7H2,1-2H3. The van der Waals surface area contributed by atoms with Crippen LogP contribution in [0.25, 0.3) is 0 Å². The zero-order valence-electron chi connectivity index (χ0n) is 9.51. The molecule has 2 unspecified atom stereocenters. The van der Waals surface area contributed by atoms with E-state index in [0.29, 0.717) is 6.61 Å². The second-order valence-corrected chi connectivity index (χ2v) is 6.08. The van der Waals surface area contributed by atoms with Crippen molar-refractivity contribution in [3.63, 3.8) is 0 Å². The van der Waals surface area contributed by atoms with Crippen molar-refractivity contribution in [2.75, 3.05) is 39.6 Å². The minimum atomic E-state index is -3.40. The summed E-state index contributed by atoms with van der Waals surface area (Å²) in [5, 5.41) is 0. The number of ether oxygens (including phenoxy) is 2. The predicted octanol–water partition coefficient (Wildman–Crippen LogP) is -0.590. The quantitative estimate of drug-likeness (QED) is 0.625. The molecule has 2 rings (SSSR count). The molecule has 0 aliphatic carbocycles. The molecule has 94 valence electrons. The Morgan fingerprint density at radius 3 is 2.88 bits per heavy atom. The van der Waals surface area contributed by atoms with Gasteiger partial charge in [0.15, 0.2) is 5.79 Å². The Bertz CT molecular complexity index is 357. The molecule has 16 heavy (non-hydrogen) atoms. The van der Waals surface area contributed by atoms with E-state index in [9.17, 15) is 8.42 Å². The highest BCUT2D eigenvalue weighted by molar-refractivity contribution is 7.85. The van der Waals surface area contributed by atoms with Crippen molar-refractivity contribution >= 4 is 10.1 Å². The first-order valence-corrected chi connectivity index (χ1v) is 7.05. The van der Waals surface area contributed by atoms with Gasteiger partial charge in [0.1, 0.15) is 6.10 Å². The van der Waals surface area contributed by atoms with Gasteiger partial charge >= 0.3 is 0 Å². The molecule has 0 saturated carbocycles. The average Bonchev–Trinajstić information content (AvgIpc) is 2.71. The van der Waals surface area contributed by atoms with E-state index in [1.165, 1.54) is 0 Å². The fourth-order valence-corrected chi connectivity index (χ4v) is 2.44. The van der Waals surface area contributed by atoms with Gasteiger partial charge in [0.2, 0.25) is 0 Å². The molecule has 0 N–H and O–H groups in total. The first kappa shape index (κ1) is 12.3. The third-order valence-corrected chi connectivity index (χ3v) is 3.33. The zero-order valence-corrected chi connectivity index (χ0v) is 10.3. The van der Waals surface area contributed by atoms with Gasteiger partial charge in [-0.1, -0.05) is 0 Å². The minimum Gasteiger partial charge on any atom is -0.346 e. The van der Waals surface area contributed by atoms with Crippen LogP contribution < -0.4 is 0 Å². The van der Waals surface area contributed by atoms with Gasteiger partial charge in [-0.3, -0.25) is 4.18 Å². The molecule has 2 aliphatic rings. The number of hydrogen-bond acceptors (Lipinski definition) is 6. The van der Waals surface area contributed by atoms with Crippen molar-refractivity contribution in [1.82, 2.24) is 4.90 Å². The highest BCUT2D eigenvalue weighted by Crippen LogP contribution is 2.32. The third-order valence-electron chi connectivity index (χ3n) is 2.77. The summed E-state index contributed by atoms with van der Waals surface area (Å²) >= 11 is 0. The van der Waals surface area contributed by atoms with Crippen molar-refractivity contribution < 1.29 is 22.1 Å². The molecule has 2 aliphatic heterocycles. The Hall–Kier alpha value is -0.210. The van der Waals surface area contributed by atoms with Crippen molar-refractivity contribution in [1.29, 1.82) is 0 Å². The average molecular weight is 251 g/mol. The highest BCUT2D eigenvalue weighted by Gasteiger charge is 2.46. The van der Waals surface area contributed by atoms with Gasteiger partial charge in [-0.2, -0.15) is 8.42 Å². The lowest BCUT2D eigenvalue weighted by atomic mass is 10.2. The van der Waals surface area contributed by atoms with Gasteiger partial charge in [-0.25, -0.2) is 0 Å². The molecule has 2 heterocycles. The topological polar surface area (TPSA) is 65.1 Å². The van der Waals surface area contributed by atoms with E-state index in [1.807, 2.05) is 7.05 Å². The van der Waals surface area contributed by atoms with Crippen LogP contribution in [-0.4, -0.2) is 64.8 Å². The van der Waals surface area contributed by atoms with Crippen LogP contribution in [0.2, 0.25) is 0 Å². The van der Waals surface area contributed by atoms with Crippen LogP contribution in [0.3, 0.4) is 0 Å². The Kier molecular flexibility index (Phi) is 3.24. The second kappa shape index (κ2) is 4.23. The molecular weight excluding hydrogens is 234 g/mol. The fraction of sp³-hybridized carbons (Fsp3) is 1.00. The zero-order chi connectivity index (χ0) is 11.8. The van der Waals surface area contributed by atoms with Gasteiger partial charge in [-0.05, 0) is 7.05 Å². The Balaban J connectivity index is 1.84. The van der Waals surface area contributed by atoms with Crippen molar-refractivity contribution in [3.05, 3.63) is 0 Å². The van der Waals surface area contributed by atoms with E-state index in [2.05, 4.69) is 4.90 Å². The summed E-state index contributed by atoms with van der Waals surface area (Å²) in [5.41, 5.74) is 0. The summed E-state index contributed by atoms with van der Waals surface area (Å²) in [4.78, 5) is 2.12. The second-order valence-electron chi connectivity index (χ2n) is 4.44. The lowest BCUT2D eigenvalue weighted by Crippen LogP contribution is -2.34. The Morgan fingerprint density at radius 1 is 1.56 bits per heavy atom. The summed E-state index contributed by atoms with van der Waals surface area (Å²) in [6.45, 7) is 2.08. The molecule has 1 spiro atoms. The SMILES string of the molecule is CN1CCC2(C1)OCC(COS(C)(=O)=O)O2. The van der Waals surface area contributed by atoms with Crippen LogP contribution in [0.1, 0.15) is 6.42 Å². The molecular formula is C9H17NO5S. The number of hydrogen-bond donors (Lipinski definition) is 0. The molecule has 2 fully saturated rings. The monoisotopic (exact) mass is 251 g/mol. The van der Waals surface area contributed by atoms with Crippen LogP contribution >= 0.6 is 0 Å². The number of likely N-dealkylation sites (N-methyl/N-ethyl adjacent to an activating group) is 1. The first-order valence-electron chi connectivity index (χ1n) is 5.23. The summed E-state index contributed by atoms with van der Waals surface area (Å²) in [6.07, 6.45) is 1.56. The first-order chi connectivity index (χ1) is 7.39. The van der Waals surface area contributed by atoms with Crippen LogP contribution in [0.4, 0.5) is 0 Å². The van der Waals surface area contributed by atoms with E-state index in [0.717, 1.165) is 25.8 Å². The van der Waals surface area contributed by atoms with Crippen molar-refractivity contribution in [2.45, 2.75) is 18.3 Å². The Morgan fingerprint density at radius 2 is 2.31 bits per heavy atom. The summed E-state index contributed by atoms with van der Waals surface area (Å²) < 4.78 is 37.7. The number of nitrogens with zero attached hydrogens (tertiary/aromatic N) is 1. The molecule has 6 nitrogen and oxygen atoms in total. The number of likely N-dealkylation sites (tertiary alicyclic amines) is 1. The highest BCUT2D eigenvalue weighted by atomic mass is 32.2. The summed E-state index contributed by atoms with van der Waals surface area (Å²) in [5.74, 6) is -0.541. The van der Waals surface area contributed by atoms with E-state index >= 15 is 0 Å². The van der Waals surface area contributed by atoms with Crippen LogP contribution in [0, 0.1) is 0 Å². The molecule has 7 heteroatoms. The third kappa shape index (κ3) is 2.92. The minimum absolute atomic E-state index is 0.0320. The van der Waals surface area contributed by atoms with E-state index in [-0.39, 0.29) is 12.7 Å². The molecule has 0 bridgehead atoms. The summed E-state index contributed by atoms with van der Waals surface area (Å²) in [7, 11) is -1.40. The maximum Gasteiger partial charge on any atom is 0.264 e. The molecule has 0 amide bonds. The maximum atomic E-state index is 10.8. The lowest BCUT2D eigenvalue weighted by molar-refractivity contribution is -0.158. The van der Waals surface area contributed by atoms with E-state index in [1.54, 1.807) is 0 Å². The van der Waals surface area contributed by atoms with Crippen LogP contribution in [0.5, 0.6) is 0 Å². The van der Waals surface area contributed by atoms with Gasteiger partial charge < -0.3 is 14.4 Å².